The Hall–Kier alpha value is -0.340. The standard InChI is InChI=1S/C14H28N2/c1-3-4-5-10-16(2)12-14-8-6-13(11-15)7-9-14/h3,13-14H,1,4-12,15H2,2H3. The molecule has 0 amide bonds. The normalized spacial score (nSPS) is 25.9. The van der Waals surface area contributed by atoms with Crippen LogP contribution in [0.4, 0.5) is 0 Å². The lowest BCUT2D eigenvalue weighted by Crippen LogP contribution is -2.30. The molecule has 0 aromatic heterocycles. The second-order valence-corrected chi connectivity index (χ2v) is 5.32. The molecule has 2 nitrogen and oxygen atoms in total. The molecule has 1 aliphatic rings. The number of unbranched alkanes of at least 4 members (excludes halogenated alkanes) is 1. The van der Waals surface area contributed by atoms with Gasteiger partial charge >= 0.3 is 0 Å². The Balaban J connectivity index is 2.10. The lowest BCUT2D eigenvalue weighted by Gasteiger charge is -2.30. The summed E-state index contributed by atoms with van der Waals surface area (Å²) in [5.41, 5.74) is 5.71. The Bertz CT molecular complexity index is 183. The summed E-state index contributed by atoms with van der Waals surface area (Å²) in [6.45, 7) is 7.13. The fourth-order valence-corrected chi connectivity index (χ4v) is 2.69. The summed E-state index contributed by atoms with van der Waals surface area (Å²) in [5, 5.41) is 0. The van der Waals surface area contributed by atoms with E-state index in [1.54, 1.807) is 0 Å². The van der Waals surface area contributed by atoms with Crippen LogP contribution in [0.5, 0.6) is 0 Å². The first-order valence-corrected chi connectivity index (χ1v) is 6.75. The van der Waals surface area contributed by atoms with Gasteiger partial charge in [0.1, 0.15) is 0 Å². The second kappa shape index (κ2) is 7.86. The lowest BCUT2D eigenvalue weighted by atomic mass is 9.82. The fraction of sp³-hybridized carbons (Fsp3) is 0.857. The predicted octanol–water partition coefficient (Wildman–Crippen LogP) is 2.65. The molecule has 1 saturated carbocycles. The Morgan fingerprint density at radius 3 is 2.44 bits per heavy atom. The van der Waals surface area contributed by atoms with Crippen LogP contribution in [-0.4, -0.2) is 31.6 Å². The summed E-state index contributed by atoms with van der Waals surface area (Å²) in [4.78, 5) is 2.48. The zero-order valence-electron chi connectivity index (χ0n) is 10.8. The fourth-order valence-electron chi connectivity index (χ4n) is 2.69. The van der Waals surface area contributed by atoms with Crippen LogP contribution in [0.3, 0.4) is 0 Å². The molecule has 0 aromatic carbocycles. The highest BCUT2D eigenvalue weighted by Crippen LogP contribution is 2.28. The van der Waals surface area contributed by atoms with Gasteiger partial charge in [0.25, 0.3) is 0 Å². The highest BCUT2D eigenvalue weighted by molar-refractivity contribution is 4.75. The van der Waals surface area contributed by atoms with Crippen molar-refractivity contribution >= 4 is 0 Å². The highest BCUT2D eigenvalue weighted by Gasteiger charge is 2.20. The van der Waals surface area contributed by atoms with Gasteiger partial charge in [0.2, 0.25) is 0 Å². The molecular weight excluding hydrogens is 196 g/mol. The lowest BCUT2D eigenvalue weighted by molar-refractivity contribution is 0.205. The topological polar surface area (TPSA) is 29.3 Å². The van der Waals surface area contributed by atoms with E-state index in [4.69, 9.17) is 5.73 Å². The molecule has 0 bridgehead atoms. The number of hydrogen-bond donors (Lipinski definition) is 1. The van der Waals surface area contributed by atoms with E-state index in [1.165, 1.54) is 45.2 Å². The molecule has 0 spiro atoms. The largest absolute Gasteiger partial charge is 0.330 e. The average Bonchev–Trinajstić information content (AvgIpc) is 2.30. The van der Waals surface area contributed by atoms with E-state index < -0.39 is 0 Å². The first-order valence-electron chi connectivity index (χ1n) is 6.75. The van der Waals surface area contributed by atoms with E-state index in [-0.39, 0.29) is 0 Å². The van der Waals surface area contributed by atoms with Crippen molar-refractivity contribution in [1.29, 1.82) is 0 Å². The minimum Gasteiger partial charge on any atom is -0.330 e. The van der Waals surface area contributed by atoms with E-state index >= 15 is 0 Å². The third-order valence-electron chi connectivity index (χ3n) is 3.82. The van der Waals surface area contributed by atoms with Crippen molar-refractivity contribution < 1.29 is 0 Å². The summed E-state index contributed by atoms with van der Waals surface area (Å²) in [6.07, 6.45) is 9.87. The van der Waals surface area contributed by atoms with Crippen LogP contribution in [0.2, 0.25) is 0 Å². The smallest absolute Gasteiger partial charge is 0.000661 e. The van der Waals surface area contributed by atoms with Crippen LogP contribution in [0.25, 0.3) is 0 Å². The first-order chi connectivity index (χ1) is 7.76. The third kappa shape index (κ3) is 5.13. The van der Waals surface area contributed by atoms with Crippen LogP contribution >= 0.6 is 0 Å². The molecule has 0 unspecified atom stereocenters. The quantitative estimate of drug-likeness (QED) is 0.532. The third-order valence-corrected chi connectivity index (χ3v) is 3.82. The first kappa shape index (κ1) is 13.7. The van der Waals surface area contributed by atoms with Crippen LogP contribution in [0, 0.1) is 11.8 Å². The van der Waals surface area contributed by atoms with Crippen molar-refractivity contribution in [3.8, 4) is 0 Å². The molecular formula is C14H28N2. The van der Waals surface area contributed by atoms with Crippen molar-refractivity contribution in [2.24, 2.45) is 17.6 Å². The van der Waals surface area contributed by atoms with E-state index in [9.17, 15) is 0 Å². The van der Waals surface area contributed by atoms with Crippen LogP contribution in [0.1, 0.15) is 38.5 Å². The predicted molar refractivity (Wildman–Crippen MR) is 71.4 cm³/mol. The minimum absolute atomic E-state index is 0.808. The zero-order chi connectivity index (χ0) is 11.8. The summed E-state index contributed by atoms with van der Waals surface area (Å²) >= 11 is 0. The van der Waals surface area contributed by atoms with Crippen LogP contribution in [-0.2, 0) is 0 Å². The molecule has 1 rings (SSSR count). The molecule has 94 valence electrons. The summed E-state index contributed by atoms with van der Waals surface area (Å²) < 4.78 is 0. The average molecular weight is 224 g/mol. The number of rotatable bonds is 7. The Morgan fingerprint density at radius 1 is 1.25 bits per heavy atom. The molecule has 1 fully saturated rings. The minimum atomic E-state index is 0.808. The molecule has 1 aliphatic carbocycles. The van der Waals surface area contributed by atoms with Crippen LogP contribution in [0.15, 0.2) is 12.7 Å². The Morgan fingerprint density at radius 2 is 1.88 bits per heavy atom. The molecule has 0 aliphatic heterocycles. The number of nitrogens with zero attached hydrogens (tertiary/aromatic N) is 1. The van der Waals surface area contributed by atoms with Gasteiger partial charge in [0.15, 0.2) is 0 Å². The van der Waals surface area contributed by atoms with Gasteiger partial charge in [-0.3, -0.25) is 0 Å². The van der Waals surface area contributed by atoms with Gasteiger partial charge in [-0.25, -0.2) is 0 Å². The van der Waals surface area contributed by atoms with Gasteiger partial charge in [-0.2, -0.15) is 0 Å². The molecule has 16 heavy (non-hydrogen) atoms. The number of nitrogens with two attached hydrogens (primary N) is 1. The van der Waals surface area contributed by atoms with E-state index in [0.717, 1.165) is 24.8 Å². The van der Waals surface area contributed by atoms with E-state index in [0.29, 0.717) is 0 Å². The number of hydrogen-bond acceptors (Lipinski definition) is 2. The summed E-state index contributed by atoms with van der Waals surface area (Å²) in [5.74, 6) is 1.72. The van der Waals surface area contributed by atoms with Gasteiger partial charge in [0, 0.05) is 6.54 Å². The van der Waals surface area contributed by atoms with Crippen molar-refractivity contribution in [3.63, 3.8) is 0 Å². The maximum absolute atomic E-state index is 5.71. The van der Waals surface area contributed by atoms with Gasteiger partial charge in [-0.05, 0) is 70.5 Å². The molecule has 0 aromatic rings. The van der Waals surface area contributed by atoms with Crippen molar-refractivity contribution in [2.45, 2.75) is 38.5 Å². The van der Waals surface area contributed by atoms with Gasteiger partial charge in [0.05, 0.1) is 0 Å². The van der Waals surface area contributed by atoms with Crippen molar-refractivity contribution in [3.05, 3.63) is 12.7 Å². The van der Waals surface area contributed by atoms with Crippen molar-refractivity contribution in [1.82, 2.24) is 4.90 Å². The number of allylic oxidation sites excluding steroid dienone is 1. The van der Waals surface area contributed by atoms with E-state index in [2.05, 4.69) is 18.5 Å². The van der Waals surface area contributed by atoms with Gasteiger partial charge in [-0.1, -0.05) is 6.08 Å². The van der Waals surface area contributed by atoms with Crippen molar-refractivity contribution in [2.75, 3.05) is 26.7 Å². The highest BCUT2D eigenvalue weighted by atomic mass is 15.1. The maximum Gasteiger partial charge on any atom is 0.000661 e. The monoisotopic (exact) mass is 224 g/mol. The molecule has 0 saturated heterocycles. The zero-order valence-corrected chi connectivity index (χ0v) is 10.8. The van der Waals surface area contributed by atoms with Gasteiger partial charge in [-0.15, -0.1) is 6.58 Å². The molecule has 0 radical (unpaired) electrons. The molecule has 2 N–H and O–H groups in total. The SMILES string of the molecule is C=CCCCN(C)CC1CCC(CN)CC1. The van der Waals surface area contributed by atoms with E-state index in [1.807, 2.05) is 6.08 Å². The van der Waals surface area contributed by atoms with Gasteiger partial charge < -0.3 is 10.6 Å². The summed E-state index contributed by atoms with van der Waals surface area (Å²) in [6, 6.07) is 0. The molecule has 2 heteroatoms. The maximum atomic E-state index is 5.71. The molecule has 0 heterocycles. The Labute approximate surface area is 101 Å². The van der Waals surface area contributed by atoms with Crippen LogP contribution < -0.4 is 5.73 Å². The molecule has 0 atom stereocenters. The summed E-state index contributed by atoms with van der Waals surface area (Å²) in [7, 11) is 2.25. The Kier molecular flexibility index (Phi) is 6.74. The second-order valence-electron chi connectivity index (χ2n) is 5.32.